The first-order chi connectivity index (χ1) is 10.9. The van der Waals surface area contributed by atoms with Gasteiger partial charge in [0.15, 0.2) is 0 Å². The average Bonchev–Trinajstić information content (AvgIpc) is 2.91. The number of benzene rings is 1. The minimum atomic E-state index is -0.270. The van der Waals surface area contributed by atoms with Gasteiger partial charge in [0.1, 0.15) is 5.75 Å². The topological polar surface area (TPSA) is 61.8 Å². The quantitative estimate of drug-likeness (QED) is 0.845. The number of nitrogens with zero attached hydrogens (tertiary/aromatic N) is 1. The Labute approximate surface area is 138 Å². The number of rotatable bonds is 6. The molecule has 0 aromatic heterocycles. The van der Waals surface area contributed by atoms with Crippen molar-refractivity contribution in [3.8, 4) is 5.75 Å². The van der Waals surface area contributed by atoms with E-state index in [4.69, 9.17) is 4.74 Å². The first-order valence-corrected chi connectivity index (χ1v) is 8.26. The molecule has 3 unspecified atom stereocenters. The van der Waals surface area contributed by atoms with E-state index in [-0.39, 0.29) is 24.0 Å². The Kier molecular flexibility index (Phi) is 6.02. The van der Waals surface area contributed by atoms with Crippen molar-refractivity contribution in [1.29, 1.82) is 0 Å². The molecule has 1 aliphatic rings. The molecule has 0 bridgehead atoms. The maximum Gasteiger partial charge on any atom is 0.241 e. The fraction of sp³-hybridized carbons (Fsp3) is 0.611. The maximum atomic E-state index is 12.5. The Hall–Kier alpha value is -1.59. The summed E-state index contributed by atoms with van der Waals surface area (Å²) in [7, 11) is 3.53. The minimum Gasteiger partial charge on any atom is -0.495 e. The molecule has 0 aliphatic heterocycles. The van der Waals surface area contributed by atoms with Crippen molar-refractivity contribution in [2.45, 2.75) is 45.3 Å². The number of carbonyl (C=O) groups excluding carboxylic acids is 1. The van der Waals surface area contributed by atoms with Crippen LogP contribution in [0.2, 0.25) is 0 Å². The third-order valence-electron chi connectivity index (χ3n) is 4.79. The molecule has 2 rings (SSSR count). The van der Waals surface area contributed by atoms with E-state index < -0.39 is 0 Å². The van der Waals surface area contributed by atoms with Crippen LogP contribution in [-0.2, 0) is 4.79 Å². The van der Waals surface area contributed by atoms with Gasteiger partial charge < -0.3 is 15.2 Å². The van der Waals surface area contributed by atoms with Gasteiger partial charge in [-0.1, -0.05) is 12.5 Å². The fourth-order valence-corrected chi connectivity index (χ4v) is 3.12. The maximum absolute atomic E-state index is 12.5. The first-order valence-electron chi connectivity index (χ1n) is 8.26. The Morgan fingerprint density at radius 2 is 2.22 bits per heavy atom. The monoisotopic (exact) mass is 320 g/mol. The normalized spacial score (nSPS) is 22.2. The van der Waals surface area contributed by atoms with Crippen molar-refractivity contribution < 1.29 is 14.6 Å². The van der Waals surface area contributed by atoms with Gasteiger partial charge in [0.05, 0.1) is 24.9 Å². The van der Waals surface area contributed by atoms with Crippen LogP contribution in [0.25, 0.3) is 0 Å². The first kappa shape index (κ1) is 17.8. The molecule has 1 saturated carbocycles. The highest BCUT2D eigenvalue weighted by atomic mass is 16.5. The Morgan fingerprint density at radius 3 is 2.83 bits per heavy atom. The number of hydrogen-bond donors (Lipinski definition) is 2. The lowest BCUT2D eigenvalue weighted by Crippen LogP contribution is -2.43. The number of carbonyl (C=O) groups is 1. The molecule has 1 aromatic rings. The molecule has 1 fully saturated rings. The summed E-state index contributed by atoms with van der Waals surface area (Å²) < 4.78 is 5.30. The van der Waals surface area contributed by atoms with E-state index in [0.717, 1.165) is 31.4 Å². The molecule has 1 amide bonds. The zero-order chi connectivity index (χ0) is 17.0. The van der Waals surface area contributed by atoms with Crippen LogP contribution < -0.4 is 10.1 Å². The minimum absolute atomic E-state index is 0.0658. The van der Waals surface area contributed by atoms with Crippen LogP contribution in [0.1, 0.15) is 31.7 Å². The lowest BCUT2D eigenvalue weighted by Gasteiger charge is -2.28. The third kappa shape index (κ3) is 4.45. The van der Waals surface area contributed by atoms with Crippen molar-refractivity contribution in [1.82, 2.24) is 4.90 Å². The Bertz CT molecular complexity index is 547. The van der Waals surface area contributed by atoms with Crippen LogP contribution in [0.15, 0.2) is 18.2 Å². The summed E-state index contributed by atoms with van der Waals surface area (Å²) >= 11 is 0. The summed E-state index contributed by atoms with van der Waals surface area (Å²) in [6.45, 7) is 4.60. The number of hydrogen-bond acceptors (Lipinski definition) is 4. The van der Waals surface area contributed by atoms with E-state index in [0.29, 0.717) is 11.4 Å². The predicted molar refractivity (Wildman–Crippen MR) is 91.8 cm³/mol. The summed E-state index contributed by atoms with van der Waals surface area (Å²) in [5.41, 5.74) is 1.76. The summed E-state index contributed by atoms with van der Waals surface area (Å²) in [5.74, 6) is 0.859. The molecule has 5 nitrogen and oxygen atoms in total. The van der Waals surface area contributed by atoms with Crippen molar-refractivity contribution in [3.63, 3.8) is 0 Å². The second-order valence-corrected chi connectivity index (χ2v) is 6.57. The molecule has 128 valence electrons. The lowest BCUT2D eigenvalue weighted by molar-refractivity contribution is -0.120. The summed E-state index contributed by atoms with van der Waals surface area (Å²) in [4.78, 5) is 14.5. The molecular formula is C18H28N2O3. The smallest absolute Gasteiger partial charge is 0.241 e. The number of methoxy groups -OCH3 is 1. The van der Waals surface area contributed by atoms with Gasteiger partial charge in [0, 0.05) is 6.54 Å². The number of amides is 1. The fourth-order valence-electron chi connectivity index (χ4n) is 3.12. The molecule has 2 N–H and O–H groups in total. The molecule has 1 aromatic carbocycles. The van der Waals surface area contributed by atoms with E-state index in [1.54, 1.807) is 7.11 Å². The molecule has 23 heavy (non-hydrogen) atoms. The van der Waals surface area contributed by atoms with Gasteiger partial charge in [0.2, 0.25) is 5.91 Å². The van der Waals surface area contributed by atoms with Crippen LogP contribution in [-0.4, -0.2) is 48.8 Å². The van der Waals surface area contributed by atoms with Crippen molar-refractivity contribution in [2.75, 3.05) is 26.0 Å². The number of ether oxygens (including phenoxy) is 1. The highest BCUT2D eigenvalue weighted by Gasteiger charge is 2.29. The number of aliphatic hydroxyl groups is 1. The van der Waals surface area contributed by atoms with E-state index >= 15 is 0 Å². The highest BCUT2D eigenvalue weighted by molar-refractivity contribution is 5.95. The van der Waals surface area contributed by atoms with Crippen molar-refractivity contribution >= 4 is 11.6 Å². The molecule has 1 aliphatic carbocycles. The second-order valence-electron chi connectivity index (χ2n) is 6.57. The molecule has 0 radical (unpaired) electrons. The van der Waals surface area contributed by atoms with Gasteiger partial charge in [-0.25, -0.2) is 0 Å². The van der Waals surface area contributed by atoms with E-state index in [1.807, 2.05) is 44.0 Å². The largest absolute Gasteiger partial charge is 0.495 e. The number of anilines is 1. The molecule has 0 saturated heterocycles. The van der Waals surface area contributed by atoms with Crippen LogP contribution >= 0.6 is 0 Å². The summed E-state index contributed by atoms with van der Waals surface area (Å²) in [5, 5.41) is 12.9. The SMILES string of the molecule is COc1ccc(C)cc1NC(=O)C(C)N(C)CC1CCCC1O. The number of nitrogens with one attached hydrogen (secondary N) is 1. The Morgan fingerprint density at radius 1 is 1.48 bits per heavy atom. The predicted octanol–water partition coefficient (Wildman–Crippen LogP) is 2.42. The standard InChI is InChI=1S/C18H28N2O3/c1-12-8-9-17(23-4)15(10-12)19-18(22)13(2)20(3)11-14-6-5-7-16(14)21/h8-10,13-14,16,21H,5-7,11H2,1-4H3,(H,19,22). The van der Waals surface area contributed by atoms with Crippen LogP contribution in [0.3, 0.4) is 0 Å². The zero-order valence-electron chi connectivity index (χ0n) is 14.5. The van der Waals surface area contributed by atoms with Crippen LogP contribution in [0, 0.1) is 12.8 Å². The molecule has 0 spiro atoms. The number of aryl methyl sites for hydroxylation is 1. The molecule has 0 heterocycles. The number of aliphatic hydroxyl groups excluding tert-OH is 1. The van der Waals surface area contributed by atoms with Gasteiger partial charge in [-0.3, -0.25) is 9.69 Å². The average molecular weight is 320 g/mol. The second kappa shape index (κ2) is 7.79. The van der Waals surface area contributed by atoms with E-state index in [1.165, 1.54) is 0 Å². The van der Waals surface area contributed by atoms with Crippen molar-refractivity contribution in [3.05, 3.63) is 23.8 Å². The highest BCUT2D eigenvalue weighted by Crippen LogP contribution is 2.27. The molecule has 5 heteroatoms. The van der Waals surface area contributed by atoms with Gasteiger partial charge in [0.25, 0.3) is 0 Å². The van der Waals surface area contributed by atoms with Crippen LogP contribution in [0.4, 0.5) is 5.69 Å². The lowest BCUT2D eigenvalue weighted by atomic mass is 10.0. The van der Waals surface area contributed by atoms with Gasteiger partial charge in [-0.15, -0.1) is 0 Å². The van der Waals surface area contributed by atoms with Crippen LogP contribution in [0.5, 0.6) is 5.75 Å². The summed E-state index contributed by atoms with van der Waals surface area (Å²) in [6, 6.07) is 5.44. The number of likely N-dealkylation sites (N-methyl/N-ethyl adjacent to an activating group) is 1. The van der Waals surface area contributed by atoms with E-state index in [2.05, 4.69) is 5.32 Å². The molecule has 3 atom stereocenters. The molecular weight excluding hydrogens is 292 g/mol. The van der Waals surface area contributed by atoms with Gasteiger partial charge in [-0.2, -0.15) is 0 Å². The van der Waals surface area contributed by atoms with Crippen molar-refractivity contribution in [2.24, 2.45) is 5.92 Å². The third-order valence-corrected chi connectivity index (χ3v) is 4.79. The van der Waals surface area contributed by atoms with Gasteiger partial charge in [-0.05, 0) is 57.4 Å². The van der Waals surface area contributed by atoms with Gasteiger partial charge >= 0.3 is 0 Å². The Balaban J connectivity index is 1.98. The van der Waals surface area contributed by atoms with E-state index in [9.17, 15) is 9.90 Å². The zero-order valence-corrected chi connectivity index (χ0v) is 14.5. The summed E-state index contributed by atoms with van der Waals surface area (Å²) in [6.07, 6.45) is 2.75.